The van der Waals surface area contributed by atoms with Crippen molar-refractivity contribution in [3.05, 3.63) is 24.3 Å². The van der Waals surface area contributed by atoms with E-state index in [-0.39, 0.29) is 25.7 Å². The average Bonchev–Trinajstić information content (AvgIpc) is 0.953. The quantitative estimate of drug-likeness (QED) is 0.0169. The van der Waals surface area contributed by atoms with E-state index in [1.54, 1.807) is 0 Å². The predicted molar refractivity (Wildman–Crippen MR) is 409 cm³/mol. The number of unbranched alkanes of at least 4 members (excludes halogenated alkanes) is 43. The fourth-order valence-corrected chi connectivity index (χ4v) is 13.5. The van der Waals surface area contributed by atoms with E-state index in [1.807, 2.05) is 0 Å². The summed E-state index contributed by atoms with van der Waals surface area (Å²) in [6.45, 7) is 9.59. The number of rotatable bonds is 78. The smallest absolute Gasteiger partial charge is 0.462 e. The van der Waals surface area contributed by atoms with E-state index in [2.05, 4.69) is 65.8 Å². The maximum absolute atomic E-state index is 13.1. The Bertz CT molecular complexity index is 2020. The summed E-state index contributed by atoms with van der Waals surface area (Å²) in [5.74, 6) is -0.433. The molecular weight excluding hydrogens is 1310 g/mol. The maximum atomic E-state index is 13.1. The Balaban J connectivity index is 5.15. The molecule has 7 atom stereocenters. The topological polar surface area (TPSA) is 237 Å². The van der Waals surface area contributed by atoms with Crippen LogP contribution in [0.5, 0.6) is 0 Å². The largest absolute Gasteiger partial charge is 0.472 e. The molecule has 0 aliphatic heterocycles. The van der Waals surface area contributed by atoms with Crippen LogP contribution in [0, 0.1) is 11.8 Å². The van der Waals surface area contributed by atoms with Gasteiger partial charge in [-0.2, -0.15) is 0 Å². The van der Waals surface area contributed by atoms with Crippen LogP contribution in [-0.4, -0.2) is 96.7 Å². The number of hydrogen-bond donors (Lipinski definition) is 3. The van der Waals surface area contributed by atoms with Crippen LogP contribution in [0.25, 0.3) is 0 Å². The molecule has 590 valence electrons. The van der Waals surface area contributed by atoms with Gasteiger partial charge in [0.05, 0.1) is 26.4 Å². The summed E-state index contributed by atoms with van der Waals surface area (Å²) >= 11 is 0. The standard InChI is InChI=1S/C81H154O17P2/c1-7-11-13-15-16-17-18-19-24-32-37-42-47-53-59-65-80(85)97-76(69-91-78(83)63-57-49-14-12-8-2)71-95-99(87,88)93-67-75(82)68-94-100(89,90)96-72-77(70-92-79(84)64-58-52-46-41-36-31-28-27-30-35-40-45-51-56-62-74(6)10-4)98-81(86)66-60-54-48-43-38-33-26-23-21-20-22-25-29-34-39-44-50-55-61-73(5)9-3/h17-19,24,73-77,82H,7-16,20-23,25-72H2,1-6H3,(H,87,88)(H,89,90)/b18-17-,24-19-/t73?,74?,75-,76+,77+/m0/s1. The molecular formula is C81H154O17P2. The van der Waals surface area contributed by atoms with E-state index in [9.17, 15) is 43.2 Å². The highest BCUT2D eigenvalue weighted by atomic mass is 31.2. The van der Waals surface area contributed by atoms with Gasteiger partial charge in [-0.1, -0.05) is 348 Å². The number of allylic oxidation sites excluding steroid dienone is 4. The molecule has 3 N–H and O–H groups in total. The molecule has 0 bridgehead atoms. The highest BCUT2D eigenvalue weighted by molar-refractivity contribution is 7.47. The highest BCUT2D eigenvalue weighted by Gasteiger charge is 2.30. The molecule has 0 aromatic rings. The fraction of sp³-hybridized carbons (Fsp3) is 0.901. The van der Waals surface area contributed by atoms with Gasteiger partial charge in [-0.25, -0.2) is 9.13 Å². The summed E-state index contributed by atoms with van der Waals surface area (Å²) in [6, 6.07) is 0. The van der Waals surface area contributed by atoms with Crippen molar-refractivity contribution in [3.63, 3.8) is 0 Å². The minimum Gasteiger partial charge on any atom is -0.462 e. The first kappa shape index (κ1) is 97.5. The van der Waals surface area contributed by atoms with Crippen molar-refractivity contribution >= 4 is 39.5 Å². The van der Waals surface area contributed by atoms with Gasteiger partial charge in [0.2, 0.25) is 0 Å². The van der Waals surface area contributed by atoms with Crippen LogP contribution in [0.1, 0.15) is 401 Å². The molecule has 0 aromatic heterocycles. The summed E-state index contributed by atoms with van der Waals surface area (Å²) in [5.41, 5.74) is 0. The van der Waals surface area contributed by atoms with Gasteiger partial charge in [0.1, 0.15) is 19.3 Å². The number of aliphatic hydroxyl groups is 1. The van der Waals surface area contributed by atoms with Crippen molar-refractivity contribution in [1.82, 2.24) is 0 Å². The molecule has 0 aromatic carbocycles. The zero-order valence-corrected chi connectivity index (χ0v) is 66.8. The van der Waals surface area contributed by atoms with Crippen LogP contribution in [-0.2, 0) is 65.4 Å². The molecule has 19 heteroatoms. The molecule has 0 fully saturated rings. The van der Waals surface area contributed by atoms with Crippen molar-refractivity contribution in [1.29, 1.82) is 0 Å². The van der Waals surface area contributed by atoms with Crippen LogP contribution in [0.4, 0.5) is 0 Å². The van der Waals surface area contributed by atoms with Gasteiger partial charge in [-0.3, -0.25) is 37.3 Å². The van der Waals surface area contributed by atoms with Crippen LogP contribution in [0.3, 0.4) is 0 Å². The van der Waals surface area contributed by atoms with Gasteiger partial charge < -0.3 is 33.8 Å². The molecule has 0 saturated carbocycles. The Morgan fingerprint density at radius 1 is 0.320 bits per heavy atom. The van der Waals surface area contributed by atoms with Gasteiger partial charge >= 0.3 is 39.5 Å². The number of phosphoric ester groups is 2. The molecule has 100 heavy (non-hydrogen) atoms. The first-order chi connectivity index (χ1) is 48.4. The summed E-state index contributed by atoms with van der Waals surface area (Å²) in [5, 5.41) is 10.6. The lowest BCUT2D eigenvalue weighted by molar-refractivity contribution is -0.161. The fourth-order valence-electron chi connectivity index (χ4n) is 11.9. The van der Waals surface area contributed by atoms with Crippen LogP contribution < -0.4 is 0 Å². The maximum Gasteiger partial charge on any atom is 0.472 e. The summed E-state index contributed by atoms with van der Waals surface area (Å²) in [6.07, 6.45) is 65.0. The van der Waals surface area contributed by atoms with E-state index in [4.69, 9.17) is 37.0 Å². The van der Waals surface area contributed by atoms with E-state index in [1.165, 1.54) is 199 Å². The molecule has 0 radical (unpaired) electrons. The second kappa shape index (κ2) is 72.1. The van der Waals surface area contributed by atoms with Crippen molar-refractivity contribution < 1.29 is 80.2 Å². The zero-order valence-electron chi connectivity index (χ0n) is 65.0. The van der Waals surface area contributed by atoms with E-state index >= 15 is 0 Å². The number of esters is 4. The number of carbonyl (C=O) groups excluding carboxylic acids is 4. The molecule has 0 amide bonds. The molecule has 0 aliphatic carbocycles. The van der Waals surface area contributed by atoms with Gasteiger partial charge in [0.15, 0.2) is 12.2 Å². The van der Waals surface area contributed by atoms with Crippen molar-refractivity contribution in [3.8, 4) is 0 Å². The third kappa shape index (κ3) is 71.2. The predicted octanol–water partition coefficient (Wildman–Crippen LogP) is 23.8. The van der Waals surface area contributed by atoms with Crippen LogP contribution >= 0.6 is 15.6 Å². The van der Waals surface area contributed by atoms with Crippen molar-refractivity contribution in [2.45, 2.75) is 419 Å². The number of aliphatic hydroxyl groups excluding tert-OH is 1. The molecule has 0 heterocycles. The Morgan fingerprint density at radius 3 is 0.850 bits per heavy atom. The summed E-state index contributed by atoms with van der Waals surface area (Å²) < 4.78 is 68.4. The SMILES string of the molecule is CCCCCC/C=C\C=C/CCCCCCCC(=O)O[C@H](COC(=O)CCCCCCC)COP(=O)(O)OC[C@H](O)COP(=O)(O)OC[C@@H](COC(=O)CCCCCCCCCCCCCCCCC(C)CC)OC(=O)CCCCCCCCCCCCCCCCCCCCC(C)CC. The lowest BCUT2D eigenvalue weighted by Gasteiger charge is -2.21. The third-order valence-electron chi connectivity index (χ3n) is 19.1. The van der Waals surface area contributed by atoms with Crippen LogP contribution in [0.15, 0.2) is 24.3 Å². The van der Waals surface area contributed by atoms with Gasteiger partial charge in [0, 0.05) is 25.7 Å². The Kier molecular flexibility index (Phi) is 70.3. The molecule has 0 saturated heterocycles. The second-order valence-electron chi connectivity index (χ2n) is 29.0. The minimum absolute atomic E-state index is 0.0842. The molecule has 0 spiro atoms. The summed E-state index contributed by atoms with van der Waals surface area (Å²) in [4.78, 5) is 72.7. The molecule has 4 unspecified atom stereocenters. The normalized spacial score (nSPS) is 14.6. The molecule has 0 rings (SSSR count). The zero-order chi connectivity index (χ0) is 73.5. The number of carbonyl (C=O) groups is 4. The van der Waals surface area contributed by atoms with E-state index < -0.39 is 97.5 Å². The number of phosphoric acid groups is 2. The van der Waals surface area contributed by atoms with Gasteiger partial charge in [-0.15, -0.1) is 0 Å². The average molecular weight is 1460 g/mol. The van der Waals surface area contributed by atoms with E-state index in [0.29, 0.717) is 25.7 Å². The lowest BCUT2D eigenvalue weighted by Crippen LogP contribution is -2.30. The van der Waals surface area contributed by atoms with Crippen molar-refractivity contribution in [2.75, 3.05) is 39.6 Å². The Labute approximate surface area is 612 Å². The second-order valence-corrected chi connectivity index (χ2v) is 31.9. The van der Waals surface area contributed by atoms with Gasteiger partial charge in [-0.05, 0) is 63.2 Å². The van der Waals surface area contributed by atoms with Crippen LogP contribution in [0.2, 0.25) is 0 Å². The lowest BCUT2D eigenvalue weighted by atomic mass is 9.99. The first-order valence-corrected chi connectivity index (χ1v) is 44.4. The monoisotopic (exact) mass is 1460 g/mol. The highest BCUT2D eigenvalue weighted by Crippen LogP contribution is 2.45. The molecule has 0 aliphatic rings. The Hall–Kier alpha value is -2.46. The number of hydrogen-bond acceptors (Lipinski definition) is 15. The van der Waals surface area contributed by atoms with E-state index in [0.717, 1.165) is 121 Å². The Morgan fingerprint density at radius 2 is 0.560 bits per heavy atom. The van der Waals surface area contributed by atoms with Gasteiger partial charge in [0.25, 0.3) is 0 Å². The third-order valence-corrected chi connectivity index (χ3v) is 21.0. The van der Waals surface area contributed by atoms with Crippen molar-refractivity contribution in [2.24, 2.45) is 11.8 Å². The first-order valence-electron chi connectivity index (χ1n) is 41.4. The summed E-state index contributed by atoms with van der Waals surface area (Å²) in [7, 11) is -9.92. The number of ether oxygens (including phenoxy) is 4. The minimum atomic E-state index is -4.96. The molecule has 17 nitrogen and oxygen atoms in total.